The maximum atomic E-state index is 12.3. The fourth-order valence-corrected chi connectivity index (χ4v) is 2.91. The minimum atomic E-state index is -0.783. The van der Waals surface area contributed by atoms with Crippen molar-refractivity contribution in [3.05, 3.63) is 56.3 Å². The van der Waals surface area contributed by atoms with Crippen LogP contribution in [-0.2, 0) is 16.1 Å². The van der Waals surface area contributed by atoms with Crippen molar-refractivity contribution in [3.8, 4) is 0 Å². The number of anilines is 1. The van der Waals surface area contributed by atoms with Crippen LogP contribution < -0.4 is 4.90 Å². The fraction of sp³-hybridized carbons (Fsp3) is 0.294. The zero-order valence-electron chi connectivity index (χ0n) is 14.7. The van der Waals surface area contributed by atoms with Crippen LogP contribution in [0.4, 0.5) is 11.4 Å². The Kier molecular flexibility index (Phi) is 6.29. The van der Waals surface area contributed by atoms with Crippen molar-refractivity contribution in [2.24, 2.45) is 0 Å². The summed E-state index contributed by atoms with van der Waals surface area (Å²) in [5.74, 6) is -1.14. The van der Waals surface area contributed by atoms with Crippen LogP contribution in [0.1, 0.15) is 15.9 Å². The van der Waals surface area contributed by atoms with Crippen LogP contribution in [0, 0.1) is 10.1 Å². The standard InChI is InChI=1S/C17H19N3O5S/c1-18(2)15-5-4-13(20(23)24)8-14(15)17(22)25-10-16(21)19(3)9-12-6-7-26-11-12/h4-8,11H,9-10H2,1-3H3. The van der Waals surface area contributed by atoms with Crippen molar-refractivity contribution in [1.82, 2.24) is 4.90 Å². The molecule has 1 heterocycles. The van der Waals surface area contributed by atoms with E-state index in [2.05, 4.69) is 0 Å². The Hall–Kier alpha value is -2.94. The number of nitro benzene ring substituents is 1. The smallest absolute Gasteiger partial charge is 0.341 e. The third-order valence-corrected chi connectivity index (χ3v) is 4.38. The van der Waals surface area contributed by atoms with E-state index >= 15 is 0 Å². The molecule has 8 nitrogen and oxygen atoms in total. The van der Waals surface area contributed by atoms with Gasteiger partial charge in [-0.2, -0.15) is 11.3 Å². The summed E-state index contributed by atoms with van der Waals surface area (Å²) in [5, 5.41) is 14.8. The van der Waals surface area contributed by atoms with E-state index in [-0.39, 0.29) is 17.2 Å². The minimum Gasteiger partial charge on any atom is -0.452 e. The Morgan fingerprint density at radius 1 is 1.23 bits per heavy atom. The molecule has 0 saturated carbocycles. The first-order valence-corrected chi connectivity index (χ1v) is 8.61. The average molecular weight is 377 g/mol. The van der Waals surface area contributed by atoms with Gasteiger partial charge in [-0.05, 0) is 28.5 Å². The molecule has 0 aliphatic carbocycles. The highest BCUT2D eigenvalue weighted by Gasteiger charge is 2.21. The molecule has 1 aromatic carbocycles. The fourth-order valence-electron chi connectivity index (χ4n) is 2.25. The van der Waals surface area contributed by atoms with E-state index in [0.29, 0.717) is 12.2 Å². The summed E-state index contributed by atoms with van der Waals surface area (Å²) in [4.78, 5) is 37.9. The van der Waals surface area contributed by atoms with Crippen LogP contribution in [0.2, 0.25) is 0 Å². The van der Waals surface area contributed by atoms with Crippen LogP contribution in [-0.4, -0.2) is 49.4 Å². The van der Waals surface area contributed by atoms with Crippen LogP contribution in [0.25, 0.3) is 0 Å². The topological polar surface area (TPSA) is 93.0 Å². The van der Waals surface area contributed by atoms with Gasteiger partial charge in [-0.25, -0.2) is 4.79 Å². The highest BCUT2D eigenvalue weighted by atomic mass is 32.1. The summed E-state index contributed by atoms with van der Waals surface area (Å²) in [6.07, 6.45) is 0. The third-order valence-electron chi connectivity index (χ3n) is 3.65. The monoisotopic (exact) mass is 377 g/mol. The number of nitro groups is 1. The van der Waals surface area contributed by atoms with Gasteiger partial charge in [0.05, 0.1) is 16.2 Å². The zero-order chi connectivity index (χ0) is 19.3. The maximum Gasteiger partial charge on any atom is 0.341 e. The maximum absolute atomic E-state index is 12.3. The van der Waals surface area contributed by atoms with Crippen LogP contribution >= 0.6 is 11.3 Å². The van der Waals surface area contributed by atoms with E-state index in [9.17, 15) is 19.7 Å². The van der Waals surface area contributed by atoms with E-state index in [1.54, 1.807) is 26.0 Å². The molecular weight excluding hydrogens is 358 g/mol. The zero-order valence-corrected chi connectivity index (χ0v) is 15.5. The van der Waals surface area contributed by atoms with Crippen LogP contribution in [0.15, 0.2) is 35.0 Å². The summed E-state index contributed by atoms with van der Waals surface area (Å²) in [6, 6.07) is 5.84. The number of non-ortho nitro benzene ring substituents is 1. The molecule has 1 amide bonds. The van der Waals surface area contributed by atoms with Gasteiger partial charge in [-0.15, -0.1) is 0 Å². The van der Waals surface area contributed by atoms with Gasteiger partial charge in [0.25, 0.3) is 11.6 Å². The van der Waals surface area contributed by atoms with E-state index in [0.717, 1.165) is 11.6 Å². The molecule has 0 unspecified atom stereocenters. The number of likely N-dealkylation sites (N-methyl/N-ethyl adjacent to an activating group) is 1. The highest BCUT2D eigenvalue weighted by molar-refractivity contribution is 7.07. The third kappa shape index (κ3) is 4.79. The van der Waals surface area contributed by atoms with Crippen molar-refractivity contribution in [2.75, 3.05) is 32.6 Å². The lowest BCUT2D eigenvalue weighted by molar-refractivity contribution is -0.384. The number of carbonyl (C=O) groups excluding carboxylic acids is 2. The summed E-state index contributed by atoms with van der Waals surface area (Å²) in [7, 11) is 5.03. The lowest BCUT2D eigenvalue weighted by Crippen LogP contribution is -2.31. The molecule has 0 bridgehead atoms. The molecule has 9 heteroatoms. The molecule has 0 atom stereocenters. The summed E-state index contributed by atoms with van der Waals surface area (Å²) >= 11 is 1.53. The quantitative estimate of drug-likeness (QED) is 0.418. The molecule has 0 spiro atoms. The lowest BCUT2D eigenvalue weighted by Gasteiger charge is -2.18. The molecule has 138 valence electrons. The summed E-state index contributed by atoms with van der Waals surface area (Å²) in [6.45, 7) is -0.0192. The Bertz CT molecular complexity index is 805. The normalized spacial score (nSPS) is 10.3. The van der Waals surface area contributed by atoms with Gasteiger partial charge in [0, 0.05) is 39.8 Å². The van der Waals surface area contributed by atoms with Crippen LogP contribution in [0.3, 0.4) is 0 Å². The number of nitrogens with zero attached hydrogens (tertiary/aromatic N) is 3. The minimum absolute atomic E-state index is 0.0393. The number of hydrogen-bond acceptors (Lipinski definition) is 7. The van der Waals surface area contributed by atoms with Crippen molar-refractivity contribution in [2.45, 2.75) is 6.54 Å². The van der Waals surface area contributed by atoms with Crippen molar-refractivity contribution >= 4 is 34.6 Å². The number of carbonyl (C=O) groups is 2. The molecule has 2 rings (SSSR count). The largest absolute Gasteiger partial charge is 0.452 e. The molecule has 0 radical (unpaired) electrons. The Morgan fingerprint density at radius 2 is 1.96 bits per heavy atom. The van der Waals surface area contributed by atoms with Gasteiger partial charge in [0.1, 0.15) is 0 Å². The molecular formula is C17H19N3O5S. The average Bonchev–Trinajstić information content (AvgIpc) is 3.11. The molecule has 0 saturated heterocycles. The van der Waals surface area contributed by atoms with Gasteiger partial charge in [-0.1, -0.05) is 0 Å². The number of benzene rings is 1. The molecule has 2 aromatic rings. The SMILES string of the molecule is CN(Cc1ccsc1)C(=O)COC(=O)c1cc([N+](=O)[O-])ccc1N(C)C. The number of ether oxygens (including phenoxy) is 1. The predicted octanol–water partition coefficient (Wildman–Crippen LogP) is 2.54. The van der Waals surface area contributed by atoms with E-state index in [4.69, 9.17) is 4.74 Å². The van der Waals surface area contributed by atoms with Gasteiger partial charge in [-0.3, -0.25) is 14.9 Å². The molecule has 0 aliphatic heterocycles. The van der Waals surface area contributed by atoms with Crippen molar-refractivity contribution in [3.63, 3.8) is 0 Å². The van der Waals surface area contributed by atoms with Crippen LogP contribution in [0.5, 0.6) is 0 Å². The van der Waals surface area contributed by atoms with Gasteiger partial charge >= 0.3 is 5.97 Å². The molecule has 26 heavy (non-hydrogen) atoms. The van der Waals surface area contributed by atoms with E-state index in [1.807, 2.05) is 16.8 Å². The second-order valence-electron chi connectivity index (χ2n) is 5.81. The van der Waals surface area contributed by atoms with Gasteiger partial charge in [0.2, 0.25) is 0 Å². The molecule has 0 fully saturated rings. The Morgan fingerprint density at radius 3 is 2.54 bits per heavy atom. The van der Waals surface area contributed by atoms with E-state index in [1.165, 1.54) is 28.4 Å². The van der Waals surface area contributed by atoms with Gasteiger partial charge < -0.3 is 14.5 Å². The lowest BCUT2D eigenvalue weighted by atomic mass is 10.1. The highest BCUT2D eigenvalue weighted by Crippen LogP contribution is 2.25. The summed E-state index contributed by atoms with van der Waals surface area (Å²) < 4.78 is 5.08. The summed E-state index contributed by atoms with van der Waals surface area (Å²) in [5.41, 5.74) is 1.28. The first-order valence-electron chi connectivity index (χ1n) is 7.67. The van der Waals surface area contributed by atoms with Crippen molar-refractivity contribution in [1.29, 1.82) is 0 Å². The second kappa shape index (κ2) is 8.43. The molecule has 1 aromatic heterocycles. The number of amides is 1. The van der Waals surface area contributed by atoms with Gasteiger partial charge in [0.15, 0.2) is 6.61 Å². The first kappa shape index (κ1) is 19.4. The number of rotatable bonds is 7. The Balaban J connectivity index is 2.05. The molecule has 0 aliphatic rings. The first-order chi connectivity index (χ1) is 12.3. The number of esters is 1. The number of hydrogen-bond donors (Lipinski definition) is 0. The number of thiophene rings is 1. The predicted molar refractivity (Wildman–Crippen MR) is 98.5 cm³/mol. The Labute approximate surface area is 154 Å². The molecule has 0 N–H and O–H groups in total. The van der Waals surface area contributed by atoms with Crippen molar-refractivity contribution < 1.29 is 19.2 Å². The second-order valence-corrected chi connectivity index (χ2v) is 6.59. The van der Waals surface area contributed by atoms with E-state index < -0.39 is 17.5 Å².